The molecule has 2 aliphatic rings. The first kappa shape index (κ1) is 46.6. The van der Waals surface area contributed by atoms with Crippen molar-refractivity contribution in [2.75, 3.05) is 0 Å². The van der Waals surface area contributed by atoms with Crippen molar-refractivity contribution in [3.05, 3.63) is 70.8 Å². The van der Waals surface area contributed by atoms with Crippen LogP contribution in [-0.4, -0.2) is 82.7 Å². The van der Waals surface area contributed by atoms with E-state index in [4.69, 9.17) is 13.9 Å². The van der Waals surface area contributed by atoms with Gasteiger partial charge in [-0.3, -0.25) is 9.59 Å². The topological polar surface area (TPSA) is 123 Å². The lowest BCUT2D eigenvalue weighted by molar-refractivity contribution is -0.130. The highest BCUT2D eigenvalue weighted by molar-refractivity contribution is 6.69. The molecule has 0 unspecified atom stereocenters. The van der Waals surface area contributed by atoms with Gasteiger partial charge in [0.2, 0.25) is 11.8 Å². The summed E-state index contributed by atoms with van der Waals surface area (Å²) in [6.45, 7) is 20.0. The second kappa shape index (κ2) is 18.6. The Kier molecular flexibility index (Phi) is 15.5. The van der Waals surface area contributed by atoms with E-state index in [0.717, 1.165) is 17.0 Å². The number of aliphatic hydroxyl groups is 1. The fraction of sp³-hybridized carbons (Fsp3) is 0.610. The maximum absolute atomic E-state index is 13.6. The first-order valence-electron chi connectivity index (χ1n) is 19.0. The lowest BCUT2D eigenvalue weighted by atomic mass is 9.90. The smallest absolute Gasteiger partial charge is 0.417 e. The molecule has 2 heterocycles. The fourth-order valence-corrected chi connectivity index (χ4v) is 8.15. The van der Waals surface area contributed by atoms with Crippen molar-refractivity contribution in [1.29, 1.82) is 0 Å². The first-order valence-corrected chi connectivity index (χ1v) is 22.4. The highest BCUT2D eigenvalue weighted by Crippen LogP contribution is 2.33. The molecule has 0 bridgehead atoms. The predicted molar refractivity (Wildman–Crippen MR) is 205 cm³/mol. The van der Waals surface area contributed by atoms with Gasteiger partial charge in [0.1, 0.15) is 34.5 Å². The van der Waals surface area contributed by atoms with Crippen LogP contribution >= 0.6 is 0 Å². The molecule has 0 saturated carbocycles. The molecule has 10 nitrogen and oxygen atoms in total. The molecule has 4 rings (SSSR count). The van der Waals surface area contributed by atoms with Crippen LogP contribution in [0.3, 0.4) is 0 Å². The third-order valence-corrected chi connectivity index (χ3v) is 10.0. The van der Waals surface area contributed by atoms with Crippen molar-refractivity contribution in [1.82, 2.24) is 9.80 Å². The summed E-state index contributed by atoms with van der Waals surface area (Å²) in [5.41, 5.74) is -0.579. The molecule has 15 heteroatoms. The number of likely N-dealkylation sites (tertiary alicyclic amines) is 2. The number of carbonyl (C=O) groups excluding carboxylic acids is 4. The number of imide groups is 2. The Morgan fingerprint density at radius 2 is 1.05 bits per heavy atom. The number of amides is 4. The Morgan fingerprint density at radius 3 is 1.43 bits per heavy atom. The van der Waals surface area contributed by atoms with Crippen molar-refractivity contribution in [3.63, 3.8) is 0 Å². The van der Waals surface area contributed by atoms with E-state index in [9.17, 15) is 41.8 Å². The van der Waals surface area contributed by atoms with Gasteiger partial charge >= 0.3 is 12.2 Å². The number of hydrogen-bond donors (Lipinski definition) is 1. The number of carbonyl (C=O) groups is 4. The number of benzene rings is 2. The Hall–Kier alpha value is -3.82. The van der Waals surface area contributed by atoms with E-state index in [1.807, 2.05) is 26.6 Å². The minimum atomic E-state index is -2.06. The quantitative estimate of drug-likeness (QED) is 0.187. The highest BCUT2D eigenvalue weighted by Gasteiger charge is 2.46. The lowest BCUT2D eigenvalue weighted by Crippen LogP contribution is -2.52. The zero-order chi connectivity index (χ0) is 42.5. The summed E-state index contributed by atoms with van der Waals surface area (Å²) in [5.74, 6) is -3.93. The number of nitrogens with zero attached hydrogens (tertiary/aromatic N) is 2. The van der Waals surface area contributed by atoms with Crippen LogP contribution in [0.15, 0.2) is 36.4 Å². The van der Waals surface area contributed by atoms with E-state index in [1.165, 1.54) is 29.2 Å². The van der Waals surface area contributed by atoms with Crippen molar-refractivity contribution < 1.29 is 55.7 Å². The average Bonchev–Trinajstić information content (AvgIpc) is 3.58. The summed E-state index contributed by atoms with van der Waals surface area (Å²) in [5, 5.41) is 10.7. The van der Waals surface area contributed by atoms with E-state index < -0.39 is 91.1 Å². The van der Waals surface area contributed by atoms with Crippen molar-refractivity contribution >= 4 is 32.3 Å². The largest absolute Gasteiger partial charge is 0.443 e. The van der Waals surface area contributed by atoms with Crippen LogP contribution in [-0.2, 0) is 36.3 Å². The van der Waals surface area contributed by atoms with Gasteiger partial charge in [0.15, 0.2) is 8.32 Å². The van der Waals surface area contributed by atoms with Gasteiger partial charge in [0.05, 0.1) is 24.3 Å². The van der Waals surface area contributed by atoms with E-state index in [1.54, 1.807) is 48.5 Å². The Labute approximate surface area is 329 Å². The zero-order valence-corrected chi connectivity index (χ0v) is 35.4. The van der Waals surface area contributed by atoms with Crippen molar-refractivity contribution in [3.8, 4) is 0 Å². The second-order valence-corrected chi connectivity index (χ2v) is 22.3. The van der Waals surface area contributed by atoms with Gasteiger partial charge < -0.3 is 19.0 Å². The number of rotatable bonds is 10. The number of halogens is 4. The Bertz CT molecular complexity index is 1680. The van der Waals surface area contributed by atoms with E-state index in [-0.39, 0.29) is 31.1 Å². The van der Waals surface area contributed by atoms with Gasteiger partial charge in [-0.1, -0.05) is 13.8 Å². The molecule has 2 fully saturated rings. The average molecular weight is 811 g/mol. The van der Waals surface area contributed by atoms with Gasteiger partial charge in [-0.15, -0.1) is 0 Å². The molecule has 312 valence electrons. The van der Waals surface area contributed by atoms with Crippen molar-refractivity contribution in [2.45, 2.75) is 149 Å². The standard InChI is InChI=1S/C22H33F2NO4Si.C19H25F2NO4/c1-14(10-15-11-16(23)13-17(24)12-15)20(29-30(5,6)7)18-8-9-19(26)25(18)21(27)28-22(2,3)4;1-11(7-12-8-13(20)10-14(21)9-12)17(24)15-5-6-16(23)22(15)18(25)26-19(2,3)4/h11-14,18,20H,8-10H2,1-7H3;8-11,15,17,24H,5-7H2,1-4H3/t14-,18+,20-;11-,15+,17-/m00/s1. The monoisotopic (exact) mass is 810 g/mol. The highest BCUT2D eigenvalue weighted by atomic mass is 28.4. The molecule has 1 N–H and O–H groups in total. The second-order valence-electron chi connectivity index (χ2n) is 17.8. The molecule has 2 saturated heterocycles. The summed E-state index contributed by atoms with van der Waals surface area (Å²) in [7, 11) is -2.06. The van der Waals surface area contributed by atoms with Crippen LogP contribution in [0, 0.1) is 35.1 Å². The summed E-state index contributed by atoms with van der Waals surface area (Å²) in [4.78, 5) is 51.9. The lowest BCUT2D eigenvalue weighted by Gasteiger charge is -2.38. The maximum atomic E-state index is 13.6. The number of ether oxygens (including phenoxy) is 2. The Morgan fingerprint density at radius 1 is 0.696 bits per heavy atom. The molecule has 0 spiro atoms. The zero-order valence-electron chi connectivity index (χ0n) is 34.4. The summed E-state index contributed by atoms with van der Waals surface area (Å²) >= 11 is 0. The van der Waals surface area contributed by atoms with Gasteiger partial charge in [-0.05, 0) is 134 Å². The normalized spacial score (nSPS) is 19.9. The Balaban J connectivity index is 0.000000303. The third kappa shape index (κ3) is 14.0. The molecule has 0 aliphatic carbocycles. The number of hydrogen-bond acceptors (Lipinski definition) is 8. The minimum Gasteiger partial charge on any atom is -0.443 e. The minimum absolute atomic E-state index is 0.141. The summed E-state index contributed by atoms with van der Waals surface area (Å²) in [6, 6.07) is 5.44. The molecular weight excluding hydrogens is 753 g/mol. The summed E-state index contributed by atoms with van der Waals surface area (Å²) in [6.07, 6.45) is -1.22. The van der Waals surface area contributed by atoms with Crippen LogP contribution in [0.25, 0.3) is 0 Å². The first-order chi connectivity index (χ1) is 25.6. The van der Waals surface area contributed by atoms with Gasteiger partial charge in [0.25, 0.3) is 0 Å². The van der Waals surface area contributed by atoms with E-state index >= 15 is 0 Å². The summed E-state index contributed by atoms with van der Waals surface area (Å²) < 4.78 is 71.1. The number of aliphatic hydroxyl groups excluding tert-OH is 1. The van der Waals surface area contributed by atoms with Gasteiger partial charge in [0, 0.05) is 25.0 Å². The molecular formula is C41H58F4N2O8Si. The van der Waals surface area contributed by atoms with Crippen LogP contribution in [0.5, 0.6) is 0 Å². The molecule has 0 aromatic heterocycles. The molecule has 2 aromatic rings. The van der Waals surface area contributed by atoms with Gasteiger partial charge in [-0.2, -0.15) is 0 Å². The van der Waals surface area contributed by atoms with E-state index in [2.05, 4.69) is 0 Å². The van der Waals surface area contributed by atoms with Crippen LogP contribution in [0.2, 0.25) is 19.6 Å². The SMILES string of the molecule is C[C@@H](Cc1cc(F)cc(F)c1)[C@H](O)[C@H]1CCC(=O)N1C(=O)OC(C)(C)C.C[C@@H](Cc1cc(F)cc(F)c1)[C@H](O[Si](C)(C)C)[C@H]1CCC(=O)N1C(=O)OC(C)(C)C. The molecule has 4 amide bonds. The molecule has 2 aromatic carbocycles. The molecule has 56 heavy (non-hydrogen) atoms. The maximum Gasteiger partial charge on any atom is 0.417 e. The fourth-order valence-electron chi connectivity index (χ4n) is 6.94. The molecule has 2 aliphatic heterocycles. The van der Waals surface area contributed by atoms with E-state index in [0.29, 0.717) is 30.4 Å². The van der Waals surface area contributed by atoms with Crippen LogP contribution < -0.4 is 0 Å². The molecule has 6 atom stereocenters. The molecule has 0 radical (unpaired) electrons. The third-order valence-electron chi connectivity index (χ3n) is 9.06. The van der Waals surface area contributed by atoms with Crippen LogP contribution in [0.4, 0.5) is 27.2 Å². The van der Waals surface area contributed by atoms with Crippen LogP contribution in [0.1, 0.15) is 92.2 Å². The van der Waals surface area contributed by atoms with Crippen molar-refractivity contribution in [2.24, 2.45) is 11.8 Å². The van der Waals surface area contributed by atoms with Gasteiger partial charge in [-0.25, -0.2) is 37.0 Å². The predicted octanol–water partition coefficient (Wildman–Crippen LogP) is 8.72.